The van der Waals surface area contributed by atoms with Gasteiger partial charge < -0.3 is 10.4 Å². The third-order valence-corrected chi connectivity index (χ3v) is 3.71. The van der Waals surface area contributed by atoms with Gasteiger partial charge in [0.25, 0.3) is 0 Å². The van der Waals surface area contributed by atoms with E-state index in [0.717, 1.165) is 36.9 Å². The van der Waals surface area contributed by atoms with Crippen molar-refractivity contribution in [1.82, 2.24) is 0 Å². The minimum atomic E-state index is -0.176. The van der Waals surface area contributed by atoms with Crippen molar-refractivity contribution in [2.45, 2.75) is 38.5 Å². The Hall–Kier alpha value is -1.79. The van der Waals surface area contributed by atoms with E-state index in [1.54, 1.807) is 0 Å². The summed E-state index contributed by atoms with van der Waals surface area (Å²) >= 11 is 0. The van der Waals surface area contributed by atoms with Crippen molar-refractivity contribution in [3.63, 3.8) is 0 Å². The van der Waals surface area contributed by atoms with Gasteiger partial charge in [-0.2, -0.15) is 0 Å². The first kappa shape index (κ1) is 14.6. The third-order valence-electron chi connectivity index (χ3n) is 3.71. The average Bonchev–Trinajstić information content (AvgIpc) is 2.75. The van der Waals surface area contributed by atoms with Crippen molar-refractivity contribution in [1.29, 1.82) is 0 Å². The summed E-state index contributed by atoms with van der Waals surface area (Å²) < 4.78 is 0. The van der Waals surface area contributed by atoms with Crippen LogP contribution in [0.15, 0.2) is 24.3 Å². The van der Waals surface area contributed by atoms with Gasteiger partial charge in [0, 0.05) is 11.5 Å². The lowest BCUT2D eigenvalue weighted by atomic mass is 9.99. The summed E-state index contributed by atoms with van der Waals surface area (Å²) in [5.74, 6) is 5.71. The minimum Gasteiger partial charge on any atom is -0.384 e. The van der Waals surface area contributed by atoms with Crippen LogP contribution in [0.5, 0.6) is 0 Å². The number of hydrogen-bond donors (Lipinski definition) is 2. The highest BCUT2D eigenvalue weighted by Gasteiger charge is 2.20. The Bertz CT molecular complexity index is 505. The molecule has 0 heterocycles. The lowest BCUT2D eigenvalue weighted by Crippen LogP contribution is -2.22. The molecule has 0 bridgehead atoms. The lowest BCUT2D eigenvalue weighted by Gasteiger charge is -2.15. The monoisotopic (exact) mass is 271 g/mol. The van der Waals surface area contributed by atoms with Crippen LogP contribution in [-0.4, -0.2) is 17.6 Å². The maximum Gasteiger partial charge on any atom is 0.227 e. The van der Waals surface area contributed by atoms with Gasteiger partial charge in [-0.3, -0.25) is 4.79 Å². The minimum absolute atomic E-state index is 0.102. The van der Waals surface area contributed by atoms with Crippen molar-refractivity contribution >= 4 is 11.6 Å². The molecule has 1 fully saturated rings. The standard InChI is InChI=1S/C17H21NO2/c19-13-7-11-14-8-5-6-12-16(14)18-17(20)15-9-3-1-2-4-10-15/h5-6,8,12,15,19H,1-4,9-10,13H2,(H,18,20). The number of aliphatic hydroxyl groups excluding tert-OH is 1. The summed E-state index contributed by atoms with van der Waals surface area (Å²) in [5.41, 5.74) is 1.49. The van der Waals surface area contributed by atoms with Crippen LogP contribution in [0.4, 0.5) is 5.69 Å². The normalized spacial score (nSPS) is 15.8. The molecule has 1 saturated carbocycles. The van der Waals surface area contributed by atoms with Gasteiger partial charge in [-0.1, -0.05) is 49.7 Å². The Kier molecular flexibility index (Phi) is 5.64. The Morgan fingerprint density at radius 1 is 1.20 bits per heavy atom. The van der Waals surface area contributed by atoms with Crippen molar-refractivity contribution in [2.75, 3.05) is 11.9 Å². The van der Waals surface area contributed by atoms with Gasteiger partial charge in [0.05, 0.1) is 5.69 Å². The molecule has 0 aliphatic heterocycles. The number of carbonyl (C=O) groups is 1. The van der Waals surface area contributed by atoms with Crippen molar-refractivity contribution in [3.05, 3.63) is 29.8 Å². The summed E-state index contributed by atoms with van der Waals surface area (Å²) in [6.45, 7) is -0.176. The SMILES string of the molecule is O=C(Nc1ccccc1C#CCO)C1CCCCCC1. The topological polar surface area (TPSA) is 49.3 Å². The van der Waals surface area contributed by atoms with E-state index >= 15 is 0 Å². The smallest absolute Gasteiger partial charge is 0.227 e. The van der Waals surface area contributed by atoms with E-state index in [9.17, 15) is 4.79 Å². The van der Waals surface area contributed by atoms with Crippen LogP contribution < -0.4 is 5.32 Å². The molecule has 20 heavy (non-hydrogen) atoms. The molecule has 1 aromatic rings. The first-order chi connectivity index (χ1) is 9.81. The van der Waals surface area contributed by atoms with E-state index in [2.05, 4.69) is 17.2 Å². The number of nitrogens with one attached hydrogen (secondary N) is 1. The second kappa shape index (κ2) is 7.72. The number of para-hydroxylation sites is 1. The highest BCUT2D eigenvalue weighted by Crippen LogP contribution is 2.24. The van der Waals surface area contributed by atoms with E-state index in [1.165, 1.54) is 12.8 Å². The zero-order valence-corrected chi connectivity index (χ0v) is 11.7. The molecule has 2 rings (SSSR count). The molecule has 0 saturated heterocycles. The molecule has 0 unspecified atom stereocenters. The van der Waals surface area contributed by atoms with Gasteiger partial charge in [0.15, 0.2) is 0 Å². The molecule has 2 N–H and O–H groups in total. The van der Waals surface area contributed by atoms with Crippen LogP contribution in [0.1, 0.15) is 44.1 Å². The fraction of sp³-hybridized carbons (Fsp3) is 0.471. The molecular weight excluding hydrogens is 250 g/mol. The predicted octanol–water partition coefficient (Wildman–Crippen LogP) is 2.94. The van der Waals surface area contributed by atoms with Gasteiger partial charge >= 0.3 is 0 Å². The maximum atomic E-state index is 12.3. The molecule has 3 heteroatoms. The maximum absolute atomic E-state index is 12.3. The molecule has 0 radical (unpaired) electrons. The second-order valence-corrected chi connectivity index (χ2v) is 5.18. The molecule has 0 aromatic heterocycles. The quantitative estimate of drug-likeness (QED) is 0.642. The number of anilines is 1. The number of carbonyl (C=O) groups excluding carboxylic acids is 1. The molecule has 0 spiro atoms. The highest BCUT2D eigenvalue weighted by atomic mass is 16.2. The number of rotatable bonds is 2. The predicted molar refractivity (Wildman–Crippen MR) is 80.2 cm³/mol. The second-order valence-electron chi connectivity index (χ2n) is 5.18. The molecule has 3 nitrogen and oxygen atoms in total. The fourth-order valence-corrected chi connectivity index (χ4v) is 2.61. The van der Waals surface area contributed by atoms with Gasteiger partial charge in [-0.15, -0.1) is 0 Å². The van der Waals surface area contributed by atoms with E-state index in [1.807, 2.05) is 24.3 Å². The average molecular weight is 271 g/mol. The third kappa shape index (κ3) is 4.11. The van der Waals surface area contributed by atoms with E-state index in [0.29, 0.717) is 0 Å². The van der Waals surface area contributed by atoms with E-state index < -0.39 is 0 Å². The highest BCUT2D eigenvalue weighted by molar-refractivity contribution is 5.93. The summed E-state index contributed by atoms with van der Waals surface area (Å²) in [4.78, 5) is 12.3. The van der Waals surface area contributed by atoms with Crippen LogP contribution in [0, 0.1) is 17.8 Å². The van der Waals surface area contributed by atoms with Crippen LogP contribution in [0.25, 0.3) is 0 Å². The van der Waals surface area contributed by atoms with Crippen LogP contribution >= 0.6 is 0 Å². The summed E-state index contributed by atoms with van der Waals surface area (Å²) in [6.07, 6.45) is 6.73. The summed E-state index contributed by atoms with van der Waals surface area (Å²) in [6, 6.07) is 7.47. The zero-order valence-electron chi connectivity index (χ0n) is 11.7. The molecule has 1 amide bonds. The number of aliphatic hydroxyl groups is 1. The Morgan fingerprint density at radius 2 is 1.90 bits per heavy atom. The first-order valence-corrected chi connectivity index (χ1v) is 7.31. The van der Waals surface area contributed by atoms with Crippen LogP contribution in [0.3, 0.4) is 0 Å². The van der Waals surface area contributed by atoms with Crippen molar-refractivity contribution in [2.24, 2.45) is 5.92 Å². The lowest BCUT2D eigenvalue weighted by molar-refractivity contribution is -0.120. The van der Waals surface area contributed by atoms with Crippen molar-refractivity contribution in [3.8, 4) is 11.8 Å². The number of hydrogen-bond acceptors (Lipinski definition) is 2. The summed E-state index contributed by atoms with van der Waals surface area (Å²) in [5, 5.41) is 11.8. The van der Waals surface area contributed by atoms with E-state index in [-0.39, 0.29) is 18.4 Å². The van der Waals surface area contributed by atoms with Crippen LogP contribution in [0.2, 0.25) is 0 Å². The van der Waals surface area contributed by atoms with E-state index in [4.69, 9.17) is 5.11 Å². The zero-order chi connectivity index (χ0) is 14.2. The molecule has 1 aromatic carbocycles. The molecule has 0 atom stereocenters. The Balaban J connectivity index is 2.06. The summed E-state index contributed by atoms with van der Waals surface area (Å²) in [7, 11) is 0. The number of benzene rings is 1. The van der Waals surface area contributed by atoms with Gasteiger partial charge in [0.1, 0.15) is 6.61 Å². The molecule has 1 aliphatic carbocycles. The Morgan fingerprint density at radius 3 is 2.60 bits per heavy atom. The molecular formula is C17H21NO2. The van der Waals surface area contributed by atoms with Gasteiger partial charge in [-0.05, 0) is 25.0 Å². The largest absolute Gasteiger partial charge is 0.384 e. The number of amides is 1. The van der Waals surface area contributed by atoms with Crippen molar-refractivity contribution < 1.29 is 9.90 Å². The molecule has 106 valence electrons. The fourth-order valence-electron chi connectivity index (χ4n) is 2.61. The molecule has 1 aliphatic rings. The van der Waals surface area contributed by atoms with Gasteiger partial charge in [-0.25, -0.2) is 0 Å². The van der Waals surface area contributed by atoms with Crippen LogP contribution in [-0.2, 0) is 4.79 Å². The first-order valence-electron chi connectivity index (χ1n) is 7.31. The Labute approximate surface area is 120 Å². The van der Waals surface area contributed by atoms with Gasteiger partial charge in [0.2, 0.25) is 5.91 Å².